The van der Waals surface area contributed by atoms with Crippen LogP contribution in [-0.2, 0) is 16.1 Å². The monoisotopic (exact) mass is 472 g/mol. The molecule has 0 saturated carbocycles. The van der Waals surface area contributed by atoms with Crippen LogP contribution < -0.4 is 4.80 Å². The van der Waals surface area contributed by atoms with Crippen molar-refractivity contribution in [2.45, 2.75) is 6.54 Å². The van der Waals surface area contributed by atoms with E-state index in [1.54, 1.807) is 30.3 Å². The zero-order chi connectivity index (χ0) is 18.8. The van der Waals surface area contributed by atoms with Crippen molar-refractivity contribution in [3.63, 3.8) is 0 Å². The number of ether oxygens (including phenoxy) is 1. The number of thiazole rings is 1. The van der Waals surface area contributed by atoms with E-state index < -0.39 is 11.9 Å². The molecule has 2 aromatic carbocycles. The summed E-state index contributed by atoms with van der Waals surface area (Å²) in [7, 11) is 1.29. The Hall–Kier alpha value is -1.67. The molecule has 1 heterocycles. The average molecular weight is 474 g/mol. The van der Waals surface area contributed by atoms with Crippen LogP contribution in [0.3, 0.4) is 0 Å². The van der Waals surface area contributed by atoms with Crippen molar-refractivity contribution in [3.8, 4) is 0 Å². The first-order chi connectivity index (χ1) is 12.4. The quantitative estimate of drug-likeness (QED) is 0.518. The van der Waals surface area contributed by atoms with Gasteiger partial charge in [-0.2, -0.15) is 4.99 Å². The maximum absolute atomic E-state index is 12.5. The molecule has 0 radical (unpaired) electrons. The van der Waals surface area contributed by atoms with Crippen LogP contribution in [0.4, 0.5) is 0 Å². The van der Waals surface area contributed by atoms with Gasteiger partial charge in [0.2, 0.25) is 0 Å². The SMILES string of the molecule is COC(=O)Cn1c(=NC(=O)c2cccc(Br)c2)sc2ccc(Cl)c(Cl)c21. The van der Waals surface area contributed by atoms with Crippen molar-refractivity contribution in [2.75, 3.05) is 7.11 Å². The molecule has 0 aliphatic carbocycles. The zero-order valence-corrected chi connectivity index (χ0v) is 17.2. The summed E-state index contributed by atoms with van der Waals surface area (Å²) in [5.74, 6) is -0.921. The normalized spacial score (nSPS) is 11.8. The highest BCUT2D eigenvalue weighted by Gasteiger charge is 2.16. The van der Waals surface area contributed by atoms with E-state index in [1.165, 1.54) is 23.0 Å². The van der Waals surface area contributed by atoms with Gasteiger partial charge >= 0.3 is 5.97 Å². The number of benzene rings is 2. The van der Waals surface area contributed by atoms with E-state index >= 15 is 0 Å². The summed E-state index contributed by atoms with van der Waals surface area (Å²) in [6.07, 6.45) is 0. The number of carbonyl (C=O) groups excluding carboxylic acids is 2. The third-order valence-corrected chi connectivity index (χ3v) is 5.85. The van der Waals surface area contributed by atoms with Crippen molar-refractivity contribution in [3.05, 3.63) is 61.3 Å². The van der Waals surface area contributed by atoms with Crippen LogP contribution in [0, 0.1) is 0 Å². The largest absolute Gasteiger partial charge is 0.468 e. The lowest BCUT2D eigenvalue weighted by Crippen LogP contribution is -2.22. The first-order valence-corrected chi connectivity index (χ1v) is 9.66. The average Bonchev–Trinajstić information content (AvgIpc) is 2.96. The Balaban J connectivity index is 2.21. The maximum Gasteiger partial charge on any atom is 0.325 e. The van der Waals surface area contributed by atoms with Gasteiger partial charge in [-0.15, -0.1) is 0 Å². The summed E-state index contributed by atoms with van der Waals surface area (Å²) in [5, 5.41) is 0.640. The Morgan fingerprint density at radius 1 is 1.27 bits per heavy atom. The van der Waals surface area contributed by atoms with Gasteiger partial charge < -0.3 is 9.30 Å². The molecular formula is C17H11BrCl2N2O3S. The summed E-state index contributed by atoms with van der Waals surface area (Å²) in [6.45, 7) is -0.138. The number of carbonyl (C=O) groups is 2. The maximum atomic E-state index is 12.5. The van der Waals surface area contributed by atoms with E-state index in [2.05, 4.69) is 20.9 Å². The molecule has 0 fully saturated rings. The molecule has 3 aromatic rings. The number of methoxy groups -OCH3 is 1. The molecule has 9 heteroatoms. The number of esters is 1. The second-order valence-corrected chi connectivity index (χ2v) is 7.89. The molecule has 26 heavy (non-hydrogen) atoms. The summed E-state index contributed by atoms with van der Waals surface area (Å²) in [4.78, 5) is 28.9. The minimum absolute atomic E-state index is 0.138. The van der Waals surface area contributed by atoms with Crippen LogP contribution in [0.5, 0.6) is 0 Å². The van der Waals surface area contributed by atoms with Crippen molar-refractivity contribution < 1.29 is 14.3 Å². The van der Waals surface area contributed by atoms with E-state index in [9.17, 15) is 9.59 Å². The van der Waals surface area contributed by atoms with E-state index in [0.717, 1.165) is 9.17 Å². The third-order valence-electron chi connectivity index (χ3n) is 3.52. The highest BCUT2D eigenvalue weighted by Crippen LogP contribution is 2.32. The van der Waals surface area contributed by atoms with Gasteiger partial charge in [-0.3, -0.25) is 9.59 Å². The van der Waals surface area contributed by atoms with E-state index in [0.29, 0.717) is 25.9 Å². The summed E-state index contributed by atoms with van der Waals surface area (Å²) < 4.78 is 7.80. The van der Waals surface area contributed by atoms with Crippen LogP contribution >= 0.6 is 50.5 Å². The van der Waals surface area contributed by atoms with Crippen molar-refractivity contribution >= 4 is 72.6 Å². The van der Waals surface area contributed by atoms with Gasteiger partial charge in [0.25, 0.3) is 5.91 Å². The second-order valence-electron chi connectivity index (χ2n) is 5.18. The number of fused-ring (bicyclic) bond motifs is 1. The third kappa shape index (κ3) is 3.86. The molecular weight excluding hydrogens is 463 g/mol. The molecule has 1 amide bonds. The fourth-order valence-corrected chi connectivity index (χ4v) is 4.21. The molecule has 0 N–H and O–H groups in total. The highest BCUT2D eigenvalue weighted by atomic mass is 79.9. The summed E-state index contributed by atoms with van der Waals surface area (Å²) in [6, 6.07) is 10.3. The topological polar surface area (TPSA) is 60.7 Å². The Labute approximate surface area is 171 Å². The van der Waals surface area contributed by atoms with Crippen LogP contribution in [0.25, 0.3) is 10.2 Å². The lowest BCUT2D eigenvalue weighted by molar-refractivity contribution is -0.141. The number of amides is 1. The number of hydrogen-bond acceptors (Lipinski definition) is 4. The first-order valence-electron chi connectivity index (χ1n) is 7.29. The lowest BCUT2D eigenvalue weighted by Gasteiger charge is -2.06. The fraction of sp³-hybridized carbons (Fsp3) is 0.118. The van der Waals surface area contributed by atoms with Gasteiger partial charge in [-0.1, -0.05) is 56.5 Å². The number of halogens is 3. The Kier molecular flexibility index (Phi) is 5.82. The van der Waals surface area contributed by atoms with Gasteiger partial charge in [0.05, 0.1) is 27.4 Å². The number of nitrogens with zero attached hydrogens (tertiary/aromatic N) is 2. The molecule has 0 aliphatic rings. The summed E-state index contributed by atoms with van der Waals surface area (Å²) >= 11 is 17.0. The van der Waals surface area contributed by atoms with E-state index in [4.69, 9.17) is 27.9 Å². The second kappa shape index (κ2) is 7.92. The van der Waals surface area contributed by atoms with Crippen LogP contribution in [0.1, 0.15) is 10.4 Å². The minimum Gasteiger partial charge on any atom is -0.468 e. The highest BCUT2D eigenvalue weighted by molar-refractivity contribution is 9.10. The van der Waals surface area contributed by atoms with Gasteiger partial charge in [0, 0.05) is 10.0 Å². The Morgan fingerprint density at radius 3 is 2.73 bits per heavy atom. The van der Waals surface area contributed by atoms with Gasteiger partial charge in [-0.05, 0) is 30.3 Å². The van der Waals surface area contributed by atoms with Gasteiger partial charge in [-0.25, -0.2) is 0 Å². The van der Waals surface area contributed by atoms with Crippen LogP contribution in [0.15, 0.2) is 45.9 Å². The predicted molar refractivity (Wildman–Crippen MR) is 106 cm³/mol. The molecule has 0 saturated heterocycles. The molecule has 5 nitrogen and oxygen atoms in total. The first kappa shape index (κ1) is 19.1. The molecule has 1 aromatic heterocycles. The molecule has 0 atom stereocenters. The van der Waals surface area contributed by atoms with Crippen LogP contribution in [-0.4, -0.2) is 23.6 Å². The van der Waals surface area contributed by atoms with Gasteiger partial charge in [0.15, 0.2) is 4.80 Å². The smallest absolute Gasteiger partial charge is 0.325 e. The molecule has 0 spiro atoms. The van der Waals surface area contributed by atoms with E-state index in [1.807, 2.05) is 6.07 Å². The fourth-order valence-electron chi connectivity index (χ4n) is 2.30. The molecule has 0 bridgehead atoms. The number of hydrogen-bond donors (Lipinski definition) is 0. The summed E-state index contributed by atoms with van der Waals surface area (Å²) in [5.41, 5.74) is 0.959. The predicted octanol–water partition coefficient (Wildman–Crippen LogP) is 4.69. The molecule has 0 unspecified atom stereocenters. The van der Waals surface area contributed by atoms with Gasteiger partial charge in [0.1, 0.15) is 6.54 Å². The van der Waals surface area contributed by atoms with Crippen molar-refractivity contribution in [1.29, 1.82) is 0 Å². The standard InChI is InChI=1S/C17H11BrCl2N2O3S/c1-25-13(23)8-22-15-12(6-5-11(19)14(15)20)26-17(22)21-16(24)9-3-2-4-10(18)7-9/h2-7H,8H2,1H3. The number of aromatic nitrogens is 1. The lowest BCUT2D eigenvalue weighted by atomic mass is 10.2. The van der Waals surface area contributed by atoms with Crippen molar-refractivity contribution in [2.24, 2.45) is 4.99 Å². The van der Waals surface area contributed by atoms with Crippen molar-refractivity contribution in [1.82, 2.24) is 4.57 Å². The molecule has 134 valence electrons. The van der Waals surface area contributed by atoms with Crippen LogP contribution in [0.2, 0.25) is 10.0 Å². The number of rotatable bonds is 3. The molecule has 0 aliphatic heterocycles. The Bertz CT molecular complexity index is 1090. The van der Waals surface area contributed by atoms with E-state index in [-0.39, 0.29) is 6.54 Å². The minimum atomic E-state index is -0.489. The molecule has 3 rings (SSSR count). The Morgan fingerprint density at radius 2 is 2.04 bits per heavy atom. The zero-order valence-electron chi connectivity index (χ0n) is 13.3.